The maximum Gasteiger partial charge on any atom is 0.330 e. The molecule has 4 N–H and O–H groups in total. The fraction of sp³-hybridized carbons (Fsp3) is 0.176. The number of hydrogen-bond acceptors (Lipinski definition) is 6. The summed E-state index contributed by atoms with van der Waals surface area (Å²) in [6, 6.07) is 6.67. The van der Waals surface area contributed by atoms with Gasteiger partial charge in [0.15, 0.2) is 6.04 Å². The molecule has 0 spiro atoms. The van der Waals surface area contributed by atoms with Gasteiger partial charge in [-0.1, -0.05) is 18.2 Å². The van der Waals surface area contributed by atoms with Crippen LogP contribution >= 0.6 is 0 Å². The zero-order valence-electron chi connectivity index (χ0n) is 13.8. The van der Waals surface area contributed by atoms with Crippen molar-refractivity contribution in [1.82, 2.24) is 15.0 Å². The topological polar surface area (TPSA) is 140 Å². The average molecular weight is 356 g/mol. The van der Waals surface area contributed by atoms with Gasteiger partial charge in [-0.3, -0.25) is 19.8 Å². The smallest absolute Gasteiger partial charge is 0.330 e. The van der Waals surface area contributed by atoms with E-state index >= 15 is 0 Å². The lowest BCUT2D eigenvalue weighted by Crippen LogP contribution is -2.26. The van der Waals surface area contributed by atoms with Crippen molar-refractivity contribution >= 4 is 23.1 Å². The number of nitrogens with zero attached hydrogens (tertiary/aromatic N) is 1. The van der Waals surface area contributed by atoms with Crippen LogP contribution in [0.15, 0.2) is 45.0 Å². The lowest BCUT2D eigenvalue weighted by molar-refractivity contribution is -0.142. The second-order valence-corrected chi connectivity index (χ2v) is 5.55. The van der Waals surface area contributed by atoms with Gasteiger partial charge >= 0.3 is 11.7 Å². The van der Waals surface area contributed by atoms with E-state index in [9.17, 15) is 19.5 Å². The van der Waals surface area contributed by atoms with Crippen molar-refractivity contribution in [2.45, 2.75) is 12.5 Å². The standard InChI is InChI=1S/C17H16N4O5/c1-26-16(24)13(6-9-7-18-12-5-3-2-4-10(9)12)19-8-11-14(22)20-17(25)21-15(11)23/h2-5,7-8,13,18H,6H2,1H3,(H3,20,21,22,23,25)/t13-/m1/s1. The third kappa shape index (κ3) is 3.41. The zero-order chi connectivity index (χ0) is 18.7. The number of esters is 1. The van der Waals surface area contributed by atoms with Crippen LogP contribution in [0.3, 0.4) is 0 Å². The Hall–Kier alpha value is -3.62. The Kier molecular flexibility index (Phi) is 4.70. The summed E-state index contributed by atoms with van der Waals surface area (Å²) in [5.41, 5.74) is -0.131. The molecule has 0 amide bonds. The molecule has 0 aliphatic carbocycles. The third-order valence-corrected chi connectivity index (χ3v) is 3.90. The number of rotatable bonds is 5. The van der Waals surface area contributed by atoms with Crippen molar-refractivity contribution in [2.24, 2.45) is 4.99 Å². The van der Waals surface area contributed by atoms with E-state index < -0.39 is 29.1 Å². The van der Waals surface area contributed by atoms with E-state index in [1.165, 1.54) is 7.11 Å². The molecule has 3 aromatic rings. The average Bonchev–Trinajstić information content (AvgIpc) is 3.02. The van der Waals surface area contributed by atoms with Crippen molar-refractivity contribution in [3.05, 3.63) is 62.4 Å². The monoisotopic (exact) mass is 356 g/mol. The van der Waals surface area contributed by atoms with Crippen LogP contribution < -0.4 is 11.2 Å². The van der Waals surface area contributed by atoms with Crippen LogP contribution in [-0.4, -0.2) is 45.4 Å². The highest BCUT2D eigenvalue weighted by Crippen LogP contribution is 2.20. The molecular weight excluding hydrogens is 340 g/mol. The Morgan fingerprint density at radius 3 is 2.81 bits per heavy atom. The number of aliphatic imine (C=N–C) groups is 1. The Morgan fingerprint density at radius 2 is 2.08 bits per heavy atom. The predicted octanol–water partition coefficient (Wildman–Crippen LogP) is 0.453. The van der Waals surface area contributed by atoms with E-state index in [4.69, 9.17) is 4.74 Å². The van der Waals surface area contributed by atoms with Gasteiger partial charge in [0, 0.05) is 29.7 Å². The molecule has 0 saturated heterocycles. The lowest BCUT2D eigenvalue weighted by Gasteiger charge is -2.09. The quantitative estimate of drug-likeness (QED) is 0.388. The molecule has 134 valence electrons. The van der Waals surface area contributed by atoms with Gasteiger partial charge in [0.1, 0.15) is 5.56 Å². The van der Waals surface area contributed by atoms with E-state index in [1.807, 2.05) is 34.2 Å². The summed E-state index contributed by atoms with van der Waals surface area (Å²) in [6.07, 6.45) is 3.05. The summed E-state index contributed by atoms with van der Waals surface area (Å²) in [6.45, 7) is 0. The molecule has 0 radical (unpaired) electrons. The molecule has 1 aromatic carbocycles. The summed E-state index contributed by atoms with van der Waals surface area (Å²) in [7, 11) is 1.24. The van der Waals surface area contributed by atoms with Crippen molar-refractivity contribution in [2.75, 3.05) is 7.11 Å². The highest BCUT2D eigenvalue weighted by molar-refractivity contribution is 5.87. The molecule has 9 nitrogen and oxygen atoms in total. The molecule has 1 atom stereocenters. The first-order chi connectivity index (χ1) is 12.5. The molecule has 2 heterocycles. The first kappa shape index (κ1) is 17.2. The summed E-state index contributed by atoms with van der Waals surface area (Å²) in [4.78, 5) is 46.1. The van der Waals surface area contributed by atoms with Gasteiger partial charge in [0.25, 0.3) is 5.56 Å². The molecule has 9 heteroatoms. The Morgan fingerprint density at radius 1 is 1.31 bits per heavy atom. The van der Waals surface area contributed by atoms with E-state index in [0.29, 0.717) is 0 Å². The maximum atomic E-state index is 12.1. The highest BCUT2D eigenvalue weighted by atomic mass is 16.5. The number of para-hydroxylation sites is 1. The van der Waals surface area contributed by atoms with Gasteiger partial charge in [-0.2, -0.15) is 0 Å². The number of aromatic nitrogens is 3. The number of aromatic hydroxyl groups is 1. The fourth-order valence-electron chi connectivity index (χ4n) is 2.61. The molecule has 0 bridgehead atoms. The molecule has 2 aromatic heterocycles. The summed E-state index contributed by atoms with van der Waals surface area (Å²) < 4.78 is 4.77. The number of methoxy groups -OCH3 is 1. The van der Waals surface area contributed by atoms with Gasteiger partial charge in [0.2, 0.25) is 5.88 Å². The van der Waals surface area contributed by atoms with Crippen LogP contribution in [0.25, 0.3) is 10.9 Å². The van der Waals surface area contributed by atoms with Crippen LogP contribution in [0.4, 0.5) is 0 Å². The Bertz CT molecular complexity index is 1090. The first-order valence-electron chi connectivity index (χ1n) is 7.71. The molecular formula is C17H16N4O5. The molecule has 3 rings (SSSR count). The number of hydrogen-bond donors (Lipinski definition) is 4. The minimum atomic E-state index is -0.926. The number of carbonyl (C=O) groups excluding carboxylic acids is 1. The summed E-state index contributed by atoms with van der Waals surface area (Å²) in [5, 5.41) is 10.6. The van der Waals surface area contributed by atoms with Crippen molar-refractivity contribution in [3.8, 4) is 5.88 Å². The third-order valence-electron chi connectivity index (χ3n) is 3.90. The lowest BCUT2D eigenvalue weighted by atomic mass is 10.1. The Labute approximate surface area is 146 Å². The summed E-state index contributed by atoms with van der Waals surface area (Å²) >= 11 is 0. The van der Waals surface area contributed by atoms with Gasteiger partial charge in [-0.05, 0) is 11.6 Å². The molecule has 0 fully saturated rings. The number of nitrogens with one attached hydrogen (secondary N) is 3. The number of benzene rings is 1. The van der Waals surface area contributed by atoms with E-state index in [0.717, 1.165) is 22.7 Å². The van der Waals surface area contributed by atoms with Crippen LogP contribution in [0.1, 0.15) is 11.1 Å². The Balaban J connectivity index is 1.93. The number of fused-ring (bicyclic) bond motifs is 1. The number of ether oxygens (including phenoxy) is 1. The van der Waals surface area contributed by atoms with Crippen LogP contribution in [0.2, 0.25) is 0 Å². The molecule has 26 heavy (non-hydrogen) atoms. The highest BCUT2D eigenvalue weighted by Gasteiger charge is 2.20. The van der Waals surface area contributed by atoms with E-state index in [2.05, 4.69) is 9.98 Å². The van der Waals surface area contributed by atoms with Gasteiger partial charge < -0.3 is 14.8 Å². The number of aromatic amines is 3. The summed E-state index contributed by atoms with van der Waals surface area (Å²) in [5.74, 6) is -1.22. The fourth-order valence-corrected chi connectivity index (χ4v) is 2.61. The minimum Gasteiger partial charge on any atom is -0.494 e. The zero-order valence-corrected chi connectivity index (χ0v) is 13.8. The molecule has 0 saturated carbocycles. The van der Waals surface area contributed by atoms with Gasteiger partial charge in [0.05, 0.1) is 7.11 Å². The molecule has 0 aliphatic heterocycles. The van der Waals surface area contributed by atoms with Crippen molar-refractivity contribution in [3.63, 3.8) is 0 Å². The second-order valence-electron chi connectivity index (χ2n) is 5.55. The van der Waals surface area contributed by atoms with Gasteiger partial charge in [-0.25, -0.2) is 9.59 Å². The molecule has 0 aliphatic rings. The predicted molar refractivity (Wildman–Crippen MR) is 94.7 cm³/mol. The SMILES string of the molecule is COC(=O)[C@@H](Cc1c[nH]c2ccccc12)N=Cc1c(O)[nH]c(=O)[nH]c1=O. The normalized spacial score (nSPS) is 12.5. The first-order valence-corrected chi connectivity index (χ1v) is 7.71. The van der Waals surface area contributed by atoms with Crippen LogP contribution in [0.5, 0.6) is 5.88 Å². The number of carbonyl (C=O) groups is 1. The van der Waals surface area contributed by atoms with Crippen LogP contribution in [0, 0.1) is 0 Å². The van der Waals surface area contributed by atoms with Gasteiger partial charge in [-0.15, -0.1) is 0 Å². The van der Waals surface area contributed by atoms with E-state index in [-0.39, 0.29) is 12.0 Å². The minimum absolute atomic E-state index is 0.231. The largest absolute Gasteiger partial charge is 0.494 e. The van der Waals surface area contributed by atoms with Crippen LogP contribution in [-0.2, 0) is 16.0 Å². The molecule has 0 unspecified atom stereocenters. The number of H-pyrrole nitrogens is 3. The van der Waals surface area contributed by atoms with Crippen molar-refractivity contribution < 1.29 is 14.6 Å². The van der Waals surface area contributed by atoms with Crippen molar-refractivity contribution in [1.29, 1.82) is 0 Å². The van der Waals surface area contributed by atoms with E-state index in [1.54, 1.807) is 6.20 Å². The maximum absolute atomic E-state index is 12.1. The second kappa shape index (κ2) is 7.09.